The summed E-state index contributed by atoms with van der Waals surface area (Å²) in [5.41, 5.74) is 0. The topological polar surface area (TPSA) is 74.3 Å². The number of rotatable bonds is 13. The molecule has 4 nitrogen and oxygen atoms in total. The second-order valence-electron chi connectivity index (χ2n) is 8.78. The number of carbonyl (C=O) groups excluding carboxylic acids is 1. The van der Waals surface area contributed by atoms with Gasteiger partial charge in [0.25, 0.3) is 0 Å². The molecule has 0 aromatic carbocycles. The quantitative estimate of drug-likeness (QED) is 0.0895. The predicted molar refractivity (Wildman–Crippen MR) is 111 cm³/mol. The Hall–Kier alpha value is -1.26. The average molecular weight is 700 g/mol. The molecule has 1 aliphatic heterocycles. The highest BCUT2D eigenvalue weighted by molar-refractivity contribution is 7.97. The molecular weight excluding hydrogens is 679 g/mol. The van der Waals surface area contributed by atoms with E-state index in [0.29, 0.717) is 16.7 Å². The van der Waals surface area contributed by atoms with Gasteiger partial charge in [0.05, 0.1) is 0 Å². The van der Waals surface area contributed by atoms with Gasteiger partial charge in [0.15, 0.2) is 21.7 Å². The fourth-order valence-corrected chi connectivity index (χ4v) is 5.80. The lowest BCUT2D eigenvalue weighted by Gasteiger charge is -2.42. The fraction of sp³-hybridized carbons (Fsp3) is 0.947. The Morgan fingerprint density at radius 2 is 1.00 bits per heavy atom. The molecule has 0 spiro atoms. The van der Waals surface area contributed by atoms with Crippen molar-refractivity contribution in [3.8, 4) is 0 Å². The Balaban J connectivity index is 0.00000107. The minimum Gasteiger partial charge on any atom is -0.743 e. The summed E-state index contributed by atoms with van der Waals surface area (Å²) in [5, 5.41) is -7.95. The van der Waals surface area contributed by atoms with E-state index in [9.17, 15) is 92.4 Å². The van der Waals surface area contributed by atoms with Gasteiger partial charge in [-0.1, -0.05) is 19.8 Å². The maximum absolute atomic E-state index is 13.0. The predicted octanol–water partition coefficient (Wildman–Crippen LogP) is 7.05. The van der Waals surface area contributed by atoms with Gasteiger partial charge in [-0.15, -0.1) is 0 Å². The van der Waals surface area contributed by atoms with Crippen LogP contribution in [0.2, 0.25) is 0 Å². The van der Waals surface area contributed by atoms with E-state index in [0.717, 1.165) is 18.6 Å². The average Bonchev–Trinajstić information content (AvgIpc) is 3.30. The van der Waals surface area contributed by atoms with Gasteiger partial charge in [-0.25, -0.2) is 8.42 Å². The van der Waals surface area contributed by atoms with E-state index in [2.05, 4.69) is 6.92 Å². The molecule has 23 heteroatoms. The molecule has 0 aromatic heterocycles. The van der Waals surface area contributed by atoms with E-state index in [1.807, 2.05) is 0 Å². The van der Waals surface area contributed by atoms with Crippen LogP contribution in [0.5, 0.6) is 0 Å². The highest BCUT2D eigenvalue weighted by Crippen LogP contribution is 2.64. The van der Waals surface area contributed by atoms with Gasteiger partial charge >= 0.3 is 47.0 Å². The van der Waals surface area contributed by atoms with Crippen molar-refractivity contribution in [2.75, 3.05) is 17.3 Å². The second kappa shape index (κ2) is 13.0. The van der Waals surface area contributed by atoms with Crippen LogP contribution in [-0.4, -0.2) is 83.0 Å². The first kappa shape index (κ1) is 40.7. The van der Waals surface area contributed by atoms with Gasteiger partial charge in [-0.3, -0.25) is 4.79 Å². The summed E-state index contributed by atoms with van der Waals surface area (Å²) in [4.78, 5) is 11.5. The molecule has 0 bridgehead atoms. The Morgan fingerprint density at radius 3 is 1.33 bits per heavy atom. The minimum atomic E-state index is -8.92. The summed E-state index contributed by atoms with van der Waals surface area (Å²) in [6.45, 7) is 2.18. The molecule has 0 unspecified atom stereocenters. The number of alkyl halides is 17. The normalized spacial score (nSPS) is 17.2. The summed E-state index contributed by atoms with van der Waals surface area (Å²) in [6.07, 6.45) is -0.755. The molecule has 1 fully saturated rings. The highest BCUT2D eigenvalue weighted by Gasteiger charge is 2.95. The molecule has 0 aliphatic carbocycles. The van der Waals surface area contributed by atoms with Crippen molar-refractivity contribution in [1.82, 2.24) is 0 Å². The van der Waals surface area contributed by atoms with Crippen LogP contribution in [-0.2, 0) is 25.8 Å². The van der Waals surface area contributed by atoms with Crippen molar-refractivity contribution in [1.29, 1.82) is 0 Å². The smallest absolute Gasteiger partial charge is 0.460 e. The molecule has 0 atom stereocenters. The molecule has 1 saturated heterocycles. The van der Waals surface area contributed by atoms with Crippen molar-refractivity contribution < 1.29 is 92.4 Å². The molecule has 0 saturated carbocycles. The fourth-order valence-electron chi connectivity index (χ4n) is 3.04. The zero-order valence-corrected chi connectivity index (χ0v) is 22.4. The van der Waals surface area contributed by atoms with E-state index in [1.54, 1.807) is 0 Å². The molecule has 1 rings (SSSR count). The summed E-state index contributed by atoms with van der Waals surface area (Å²) in [5.74, 6) is -48.0. The first-order valence-electron chi connectivity index (χ1n) is 11.2. The Bertz CT molecular complexity index is 1020. The molecule has 252 valence electrons. The van der Waals surface area contributed by atoms with Crippen LogP contribution in [0.4, 0.5) is 74.6 Å². The van der Waals surface area contributed by atoms with Gasteiger partial charge in [-0.2, -0.15) is 74.6 Å². The van der Waals surface area contributed by atoms with E-state index >= 15 is 0 Å². The third-order valence-electron chi connectivity index (χ3n) is 5.55. The van der Waals surface area contributed by atoms with E-state index in [4.69, 9.17) is 0 Å². The molecule has 0 aromatic rings. The lowest BCUT2D eigenvalue weighted by Crippen LogP contribution is -2.75. The van der Waals surface area contributed by atoms with E-state index < -0.39 is 57.1 Å². The summed E-state index contributed by atoms with van der Waals surface area (Å²) >= 11 is 0. The van der Waals surface area contributed by atoms with Crippen LogP contribution < -0.4 is 0 Å². The number of hydrogen-bond donors (Lipinski definition) is 0. The summed E-state index contributed by atoms with van der Waals surface area (Å²) in [6, 6.07) is 0. The first-order chi connectivity index (χ1) is 18.3. The van der Waals surface area contributed by atoms with Crippen LogP contribution in [0.25, 0.3) is 0 Å². The third kappa shape index (κ3) is 7.33. The molecule has 1 heterocycles. The van der Waals surface area contributed by atoms with Gasteiger partial charge in [0.1, 0.15) is 11.5 Å². The van der Waals surface area contributed by atoms with Crippen molar-refractivity contribution >= 4 is 26.8 Å². The van der Waals surface area contributed by atoms with Gasteiger partial charge in [-0.05, 0) is 30.2 Å². The SMILES string of the molecule is CCCCCC(=O)C[S+]1CCCC1.O=S(=O)([O-])C(F)(F)C(F)(F)C(F)(F)C(F)(F)C(F)(F)C(F)(F)C(F)(F)C(F)(F)F. The Kier molecular flexibility index (Phi) is 12.6. The van der Waals surface area contributed by atoms with Gasteiger partial charge in [0.2, 0.25) is 0 Å². The summed E-state index contributed by atoms with van der Waals surface area (Å²) < 4.78 is 244. The Morgan fingerprint density at radius 1 is 0.643 bits per heavy atom. The Labute approximate surface area is 229 Å². The van der Waals surface area contributed by atoms with Gasteiger partial charge < -0.3 is 4.55 Å². The number of Topliss-reactive ketones (excluding diaryl/α,β-unsaturated/α-hetero) is 1. The van der Waals surface area contributed by atoms with Crippen molar-refractivity contribution in [3.05, 3.63) is 0 Å². The molecule has 0 N–H and O–H groups in total. The molecule has 0 amide bonds. The summed E-state index contributed by atoms with van der Waals surface area (Å²) in [7, 11) is -7.66. The van der Waals surface area contributed by atoms with Crippen molar-refractivity contribution in [3.63, 3.8) is 0 Å². The van der Waals surface area contributed by atoms with Crippen LogP contribution >= 0.6 is 0 Å². The molecular formula is C19H21F17O4S2. The maximum atomic E-state index is 13.0. The van der Waals surface area contributed by atoms with Crippen LogP contribution in [0, 0.1) is 0 Å². The van der Waals surface area contributed by atoms with E-state index in [-0.39, 0.29) is 0 Å². The first-order valence-corrected chi connectivity index (χ1v) is 14.3. The third-order valence-corrected chi connectivity index (χ3v) is 8.89. The minimum absolute atomic E-state index is 0.488. The van der Waals surface area contributed by atoms with Crippen molar-refractivity contribution in [2.45, 2.75) is 92.4 Å². The number of halogens is 17. The largest absolute Gasteiger partial charge is 0.743 e. The zero-order valence-electron chi connectivity index (χ0n) is 20.7. The molecule has 1 aliphatic rings. The number of unbranched alkanes of at least 4 members (excludes halogenated alkanes) is 2. The molecule has 42 heavy (non-hydrogen) atoms. The van der Waals surface area contributed by atoms with Crippen LogP contribution in [0.1, 0.15) is 45.4 Å². The zero-order chi connectivity index (χ0) is 34.0. The highest BCUT2D eigenvalue weighted by atomic mass is 32.2. The number of ketones is 1. The molecule has 0 radical (unpaired) electrons. The number of hydrogen-bond acceptors (Lipinski definition) is 4. The standard InChI is InChI=1S/C11H21OS.C8HF17O3S/c1-2-3-4-7-11(12)10-13-8-5-6-9-13;9-1(10,3(13,14)5(17,18)7(21,22)23)2(11,12)4(15,16)6(19,20)8(24,25)29(26,27)28/h2-10H2,1H3;(H,26,27,28)/q+1;/p-1. The van der Waals surface area contributed by atoms with Crippen molar-refractivity contribution in [2.24, 2.45) is 0 Å². The van der Waals surface area contributed by atoms with E-state index in [1.165, 1.54) is 37.2 Å². The lowest BCUT2D eigenvalue weighted by molar-refractivity contribution is -0.458. The number of carbonyl (C=O) groups is 1. The van der Waals surface area contributed by atoms with Gasteiger partial charge in [0, 0.05) is 6.42 Å². The lowest BCUT2D eigenvalue weighted by atomic mass is 9.91. The van der Waals surface area contributed by atoms with Crippen LogP contribution in [0.15, 0.2) is 0 Å². The second-order valence-corrected chi connectivity index (χ2v) is 12.5. The monoisotopic (exact) mass is 700 g/mol. The maximum Gasteiger partial charge on any atom is 0.460 e. The van der Waals surface area contributed by atoms with Crippen LogP contribution in [0.3, 0.4) is 0 Å².